The van der Waals surface area contributed by atoms with Crippen LogP contribution in [-0.2, 0) is 4.79 Å². The smallest absolute Gasteiger partial charge is 0.272 e. The van der Waals surface area contributed by atoms with Gasteiger partial charge in [-0.05, 0) is 26.7 Å². The number of amides is 2. The highest BCUT2D eigenvalue weighted by molar-refractivity contribution is 5.93. The third-order valence-corrected chi connectivity index (χ3v) is 5.17. The topological polar surface area (TPSA) is 66.4 Å². The molecule has 2 fully saturated rings. The van der Waals surface area contributed by atoms with Crippen LogP contribution in [0.1, 0.15) is 41.0 Å². The number of nitrogens with zero attached hydrogens (tertiary/aromatic N) is 4. The highest BCUT2D eigenvalue weighted by Crippen LogP contribution is 2.40. The van der Waals surface area contributed by atoms with Crippen LogP contribution in [0, 0.1) is 19.3 Å². The van der Waals surface area contributed by atoms with E-state index in [4.69, 9.17) is 0 Å². The largest absolute Gasteiger partial charge is 0.345 e. The van der Waals surface area contributed by atoms with Gasteiger partial charge in [0.1, 0.15) is 12.0 Å². The van der Waals surface area contributed by atoms with Crippen molar-refractivity contribution in [2.24, 2.45) is 5.41 Å². The molecule has 0 atom stereocenters. The van der Waals surface area contributed by atoms with Crippen molar-refractivity contribution < 1.29 is 9.59 Å². The molecular formula is C16H22N4O2. The van der Waals surface area contributed by atoms with Crippen molar-refractivity contribution in [2.45, 2.75) is 33.1 Å². The molecule has 3 rings (SSSR count). The van der Waals surface area contributed by atoms with Crippen molar-refractivity contribution in [3.8, 4) is 0 Å². The predicted molar refractivity (Wildman–Crippen MR) is 81.3 cm³/mol. The van der Waals surface area contributed by atoms with E-state index in [1.807, 2.05) is 30.7 Å². The van der Waals surface area contributed by atoms with Gasteiger partial charge >= 0.3 is 0 Å². The third kappa shape index (κ3) is 2.46. The van der Waals surface area contributed by atoms with E-state index >= 15 is 0 Å². The first-order valence-electron chi connectivity index (χ1n) is 7.73. The van der Waals surface area contributed by atoms with Crippen molar-refractivity contribution in [1.82, 2.24) is 19.8 Å². The Bertz CT molecular complexity index is 621. The summed E-state index contributed by atoms with van der Waals surface area (Å²) in [5, 5.41) is 0. The standard InChI is InChI=1S/C16H22N4O2/c1-11-12(2)17-10-18-14(11)15(22)20-6-4-16(5-7-20)8-13(21)19(3)9-16/h10H,4-9H2,1-3H3. The van der Waals surface area contributed by atoms with Crippen LogP contribution in [0.2, 0.25) is 0 Å². The van der Waals surface area contributed by atoms with Gasteiger partial charge in [0, 0.05) is 49.8 Å². The van der Waals surface area contributed by atoms with E-state index in [0.717, 1.165) is 30.6 Å². The molecule has 1 aromatic heterocycles. The summed E-state index contributed by atoms with van der Waals surface area (Å²) in [7, 11) is 1.86. The average Bonchev–Trinajstić information content (AvgIpc) is 2.76. The number of carbonyl (C=O) groups is 2. The zero-order chi connectivity index (χ0) is 15.9. The quantitative estimate of drug-likeness (QED) is 0.781. The molecule has 2 aliphatic heterocycles. The molecule has 1 aromatic rings. The molecule has 0 bridgehead atoms. The van der Waals surface area contributed by atoms with E-state index < -0.39 is 0 Å². The van der Waals surface area contributed by atoms with Crippen LogP contribution >= 0.6 is 0 Å². The van der Waals surface area contributed by atoms with E-state index in [9.17, 15) is 9.59 Å². The number of piperidine rings is 1. The lowest BCUT2D eigenvalue weighted by atomic mass is 9.77. The number of carbonyl (C=O) groups excluding carboxylic acids is 2. The summed E-state index contributed by atoms with van der Waals surface area (Å²) in [6, 6.07) is 0. The first-order valence-corrected chi connectivity index (χ1v) is 7.73. The number of aromatic nitrogens is 2. The first-order chi connectivity index (χ1) is 10.4. The van der Waals surface area contributed by atoms with Gasteiger partial charge in [-0.1, -0.05) is 0 Å². The second kappa shape index (κ2) is 5.34. The van der Waals surface area contributed by atoms with Crippen LogP contribution < -0.4 is 0 Å². The number of aryl methyl sites for hydroxylation is 1. The highest BCUT2D eigenvalue weighted by atomic mass is 16.2. The molecule has 0 N–H and O–H groups in total. The molecule has 0 aliphatic carbocycles. The minimum absolute atomic E-state index is 0.0180. The van der Waals surface area contributed by atoms with Crippen molar-refractivity contribution in [1.29, 1.82) is 0 Å². The summed E-state index contributed by atoms with van der Waals surface area (Å²) >= 11 is 0. The summed E-state index contributed by atoms with van der Waals surface area (Å²) in [4.78, 5) is 36.4. The molecule has 2 saturated heterocycles. The van der Waals surface area contributed by atoms with E-state index in [2.05, 4.69) is 9.97 Å². The molecule has 0 unspecified atom stereocenters. The van der Waals surface area contributed by atoms with Crippen LogP contribution in [0.5, 0.6) is 0 Å². The van der Waals surface area contributed by atoms with Crippen LogP contribution in [0.15, 0.2) is 6.33 Å². The molecule has 0 radical (unpaired) electrons. The third-order valence-electron chi connectivity index (χ3n) is 5.17. The highest BCUT2D eigenvalue weighted by Gasteiger charge is 2.44. The number of hydrogen-bond acceptors (Lipinski definition) is 4. The molecule has 118 valence electrons. The molecular weight excluding hydrogens is 280 g/mol. The van der Waals surface area contributed by atoms with Crippen molar-refractivity contribution in [2.75, 3.05) is 26.7 Å². The van der Waals surface area contributed by atoms with Crippen LogP contribution in [0.25, 0.3) is 0 Å². The summed E-state index contributed by atoms with van der Waals surface area (Å²) in [6.07, 6.45) is 3.85. The second-order valence-electron chi connectivity index (χ2n) is 6.65. The fraction of sp³-hybridized carbons (Fsp3) is 0.625. The Morgan fingerprint density at radius 3 is 2.50 bits per heavy atom. The van der Waals surface area contributed by atoms with Crippen molar-refractivity contribution >= 4 is 11.8 Å². The van der Waals surface area contributed by atoms with Crippen LogP contribution in [0.4, 0.5) is 0 Å². The van der Waals surface area contributed by atoms with Crippen molar-refractivity contribution in [3.05, 3.63) is 23.3 Å². The number of hydrogen-bond donors (Lipinski definition) is 0. The lowest BCUT2D eigenvalue weighted by Gasteiger charge is -2.38. The number of rotatable bonds is 1. The van der Waals surface area contributed by atoms with Gasteiger partial charge in [-0.15, -0.1) is 0 Å². The molecule has 6 nitrogen and oxygen atoms in total. The summed E-state index contributed by atoms with van der Waals surface area (Å²) in [5.41, 5.74) is 2.26. The van der Waals surface area contributed by atoms with Gasteiger partial charge in [-0.2, -0.15) is 0 Å². The molecule has 1 spiro atoms. The Morgan fingerprint density at radius 2 is 1.91 bits per heavy atom. The maximum absolute atomic E-state index is 12.7. The van der Waals surface area contributed by atoms with Gasteiger partial charge < -0.3 is 9.80 Å². The molecule has 3 heterocycles. The molecule has 0 saturated carbocycles. The van der Waals surface area contributed by atoms with Gasteiger partial charge in [0.2, 0.25) is 5.91 Å². The molecule has 0 aromatic carbocycles. The fourth-order valence-corrected chi connectivity index (χ4v) is 3.53. The Kier molecular flexibility index (Phi) is 3.62. The lowest BCUT2D eigenvalue weighted by Crippen LogP contribution is -2.44. The monoisotopic (exact) mass is 302 g/mol. The maximum atomic E-state index is 12.7. The van der Waals surface area contributed by atoms with E-state index in [-0.39, 0.29) is 17.2 Å². The number of likely N-dealkylation sites (tertiary alicyclic amines) is 2. The summed E-state index contributed by atoms with van der Waals surface area (Å²) in [6.45, 7) is 5.99. The van der Waals surface area contributed by atoms with Crippen LogP contribution in [0.3, 0.4) is 0 Å². The first kappa shape index (κ1) is 14.9. The molecule has 22 heavy (non-hydrogen) atoms. The maximum Gasteiger partial charge on any atom is 0.272 e. The Balaban J connectivity index is 1.70. The predicted octanol–water partition coefficient (Wildman–Crippen LogP) is 1.18. The van der Waals surface area contributed by atoms with E-state index in [1.54, 1.807) is 0 Å². The minimum atomic E-state index is -0.0180. The fourth-order valence-electron chi connectivity index (χ4n) is 3.53. The zero-order valence-electron chi connectivity index (χ0n) is 13.4. The molecule has 6 heteroatoms. The van der Waals surface area contributed by atoms with Gasteiger partial charge in [0.25, 0.3) is 5.91 Å². The SMILES string of the molecule is Cc1ncnc(C(=O)N2CCC3(CC2)CC(=O)N(C)C3)c1C. The van der Waals surface area contributed by atoms with Gasteiger partial charge in [-0.3, -0.25) is 9.59 Å². The Morgan fingerprint density at radius 1 is 1.23 bits per heavy atom. The summed E-state index contributed by atoms with van der Waals surface area (Å²) < 4.78 is 0. The average molecular weight is 302 g/mol. The van der Waals surface area contributed by atoms with E-state index in [0.29, 0.717) is 25.2 Å². The van der Waals surface area contributed by atoms with Crippen LogP contribution in [-0.4, -0.2) is 58.3 Å². The van der Waals surface area contributed by atoms with Gasteiger partial charge in [0.05, 0.1) is 0 Å². The minimum Gasteiger partial charge on any atom is -0.345 e. The Hall–Kier alpha value is -1.98. The normalized spacial score (nSPS) is 20.8. The molecule has 2 amide bonds. The molecule has 2 aliphatic rings. The Labute approximate surface area is 130 Å². The zero-order valence-corrected chi connectivity index (χ0v) is 13.4. The van der Waals surface area contributed by atoms with E-state index in [1.165, 1.54) is 6.33 Å². The van der Waals surface area contributed by atoms with Crippen molar-refractivity contribution in [3.63, 3.8) is 0 Å². The van der Waals surface area contributed by atoms with Gasteiger partial charge in [0.15, 0.2) is 0 Å². The second-order valence-corrected chi connectivity index (χ2v) is 6.65. The lowest BCUT2D eigenvalue weighted by molar-refractivity contribution is -0.126. The summed E-state index contributed by atoms with van der Waals surface area (Å²) in [5.74, 6) is 0.206. The van der Waals surface area contributed by atoms with Gasteiger partial charge in [-0.25, -0.2) is 9.97 Å².